The lowest BCUT2D eigenvalue weighted by Crippen LogP contribution is -2.41. The molecule has 0 radical (unpaired) electrons. The first-order valence-electron chi connectivity index (χ1n) is 7.40. The van der Waals surface area contributed by atoms with Crippen LogP contribution in [0, 0.1) is 0 Å². The number of likely N-dealkylation sites (tertiary alicyclic amines) is 1. The van der Waals surface area contributed by atoms with Crippen LogP contribution < -0.4 is 5.32 Å². The van der Waals surface area contributed by atoms with Gasteiger partial charge in [-0.25, -0.2) is 0 Å². The van der Waals surface area contributed by atoms with Crippen molar-refractivity contribution in [1.82, 2.24) is 15.1 Å². The fraction of sp³-hybridized carbons (Fsp3) is 1.00. The molecule has 1 aliphatic rings. The number of hydrogen-bond acceptors (Lipinski definition) is 3. The average molecular weight is 241 g/mol. The van der Waals surface area contributed by atoms with E-state index in [1.165, 1.54) is 58.4 Å². The third kappa shape index (κ3) is 6.39. The van der Waals surface area contributed by atoms with Gasteiger partial charge in [0.25, 0.3) is 0 Å². The van der Waals surface area contributed by atoms with Gasteiger partial charge in [0, 0.05) is 25.7 Å². The summed E-state index contributed by atoms with van der Waals surface area (Å²) in [7, 11) is 2.26. The molecule has 1 rings (SSSR count). The molecule has 1 saturated heterocycles. The Bertz CT molecular complexity index is 172. The van der Waals surface area contributed by atoms with Crippen molar-refractivity contribution >= 4 is 0 Å². The van der Waals surface area contributed by atoms with Crippen molar-refractivity contribution < 1.29 is 0 Å². The number of nitrogens with one attached hydrogen (secondary N) is 1. The van der Waals surface area contributed by atoms with Crippen LogP contribution in [-0.2, 0) is 0 Å². The third-order valence-electron chi connectivity index (χ3n) is 3.66. The summed E-state index contributed by atoms with van der Waals surface area (Å²) >= 11 is 0. The summed E-state index contributed by atoms with van der Waals surface area (Å²) in [4.78, 5) is 5.08. The maximum atomic E-state index is 3.59. The van der Waals surface area contributed by atoms with Crippen LogP contribution >= 0.6 is 0 Å². The van der Waals surface area contributed by atoms with Crippen molar-refractivity contribution in [1.29, 1.82) is 0 Å². The fourth-order valence-corrected chi connectivity index (χ4v) is 2.68. The first kappa shape index (κ1) is 14.9. The highest BCUT2D eigenvalue weighted by molar-refractivity contribution is 4.72. The second-order valence-corrected chi connectivity index (χ2v) is 5.35. The maximum absolute atomic E-state index is 3.59. The van der Waals surface area contributed by atoms with Gasteiger partial charge in [0.05, 0.1) is 0 Å². The molecule has 0 aromatic heterocycles. The van der Waals surface area contributed by atoms with Gasteiger partial charge in [-0.1, -0.05) is 20.3 Å². The first-order valence-corrected chi connectivity index (χ1v) is 7.40. The average Bonchev–Trinajstić information content (AvgIpc) is 2.80. The molecule has 0 amide bonds. The summed E-state index contributed by atoms with van der Waals surface area (Å²) in [5.41, 5.74) is 0. The Morgan fingerprint density at radius 1 is 1.24 bits per heavy atom. The lowest BCUT2D eigenvalue weighted by atomic mass is 10.1. The van der Waals surface area contributed by atoms with Gasteiger partial charge in [0.2, 0.25) is 0 Å². The van der Waals surface area contributed by atoms with Crippen LogP contribution in [-0.4, -0.2) is 62.2 Å². The van der Waals surface area contributed by atoms with E-state index in [9.17, 15) is 0 Å². The lowest BCUT2D eigenvalue weighted by molar-refractivity contribution is 0.235. The quantitative estimate of drug-likeness (QED) is 0.664. The zero-order valence-electron chi connectivity index (χ0n) is 12.0. The summed E-state index contributed by atoms with van der Waals surface area (Å²) in [6.07, 6.45) is 5.37. The minimum absolute atomic E-state index is 0.675. The van der Waals surface area contributed by atoms with E-state index in [-0.39, 0.29) is 0 Å². The molecule has 1 heterocycles. The number of hydrogen-bond donors (Lipinski definition) is 1. The highest BCUT2D eigenvalue weighted by Gasteiger charge is 2.13. The van der Waals surface area contributed by atoms with E-state index in [0.717, 1.165) is 6.54 Å². The van der Waals surface area contributed by atoms with Gasteiger partial charge < -0.3 is 15.1 Å². The van der Waals surface area contributed by atoms with E-state index in [1.54, 1.807) is 0 Å². The molecule has 0 aromatic carbocycles. The van der Waals surface area contributed by atoms with Crippen LogP contribution in [0.25, 0.3) is 0 Å². The maximum Gasteiger partial charge on any atom is 0.0194 e. The standard InChI is InChI=1S/C14H31N3/c1-4-8-14(15-5-2)13-16(3)11-12-17-9-6-7-10-17/h14-15H,4-13H2,1-3H3. The van der Waals surface area contributed by atoms with Gasteiger partial charge in [-0.2, -0.15) is 0 Å². The summed E-state index contributed by atoms with van der Waals surface area (Å²) in [5.74, 6) is 0. The second kappa shape index (κ2) is 8.90. The van der Waals surface area contributed by atoms with Crippen LogP contribution in [0.2, 0.25) is 0 Å². The van der Waals surface area contributed by atoms with E-state index in [2.05, 4.69) is 36.0 Å². The Morgan fingerprint density at radius 3 is 2.53 bits per heavy atom. The Labute approximate surface area is 108 Å². The molecule has 3 nitrogen and oxygen atoms in total. The van der Waals surface area contributed by atoms with Crippen molar-refractivity contribution in [2.24, 2.45) is 0 Å². The first-order chi connectivity index (χ1) is 8.26. The predicted molar refractivity (Wildman–Crippen MR) is 75.5 cm³/mol. The van der Waals surface area contributed by atoms with E-state index < -0.39 is 0 Å². The number of rotatable bonds is 9. The van der Waals surface area contributed by atoms with Crippen LogP contribution in [0.5, 0.6) is 0 Å². The summed E-state index contributed by atoms with van der Waals surface area (Å²) in [6.45, 7) is 11.9. The molecule has 1 N–H and O–H groups in total. The molecule has 1 unspecified atom stereocenters. The smallest absolute Gasteiger partial charge is 0.0194 e. The molecule has 1 atom stereocenters. The third-order valence-corrected chi connectivity index (χ3v) is 3.66. The summed E-state index contributed by atoms with van der Waals surface area (Å²) < 4.78 is 0. The van der Waals surface area contributed by atoms with E-state index >= 15 is 0 Å². The van der Waals surface area contributed by atoms with Gasteiger partial charge in [-0.05, 0) is 45.9 Å². The highest BCUT2D eigenvalue weighted by atomic mass is 15.2. The van der Waals surface area contributed by atoms with Crippen molar-refractivity contribution in [2.45, 2.75) is 45.6 Å². The summed E-state index contributed by atoms with van der Waals surface area (Å²) in [5, 5.41) is 3.59. The van der Waals surface area contributed by atoms with Gasteiger partial charge >= 0.3 is 0 Å². The Kier molecular flexibility index (Phi) is 7.82. The highest BCUT2D eigenvalue weighted by Crippen LogP contribution is 2.06. The topological polar surface area (TPSA) is 18.5 Å². The summed E-state index contributed by atoms with van der Waals surface area (Å²) in [6, 6.07) is 0.675. The Balaban J connectivity index is 2.14. The molecular formula is C14H31N3. The molecular weight excluding hydrogens is 210 g/mol. The monoisotopic (exact) mass is 241 g/mol. The molecule has 0 bridgehead atoms. The lowest BCUT2D eigenvalue weighted by Gasteiger charge is -2.26. The largest absolute Gasteiger partial charge is 0.313 e. The molecule has 0 saturated carbocycles. The zero-order chi connectivity index (χ0) is 12.5. The van der Waals surface area contributed by atoms with Crippen molar-refractivity contribution in [3.8, 4) is 0 Å². The zero-order valence-corrected chi connectivity index (χ0v) is 12.0. The molecule has 0 aromatic rings. The molecule has 1 aliphatic heterocycles. The van der Waals surface area contributed by atoms with Crippen molar-refractivity contribution in [2.75, 3.05) is 46.3 Å². The van der Waals surface area contributed by atoms with Crippen molar-refractivity contribution in [3.05, 3.63) is 0 Å². The second-order valence-electron chi connectivity index (χ2n) is 5.35. The number of likely N-dealkylation sites (N-methyl/N-ethyl adjacent to an activating group) is 2. The normalized spacial score (nSPS) is 19.1. The molecule has 102 valence electrons. The van der Waals surface area contributed by atoms with Crippen LogP contribution in [0.4, 0.5) is 0 Å². The van der Waals surface area contributed by atoms with E-state index in [4.69, 9.17) is 0 Å². The van der Waals surface area contributed by atoms with Gasteiger partial charge in [-0.3, -0.25) is 0 Å². The molecule has 0 spiro atoms. The molecule has 17 heavy (non-hydrogen) atoms. The fourth-order valence-electron chi connectivity index (χ4n) is 2.68. The number of nitrogens with zero attached hydrogens (tertiary/aromatic N) is 2. The minimum Gasteiger partial charge on any atom is -0.313 e. The molecule has 0 aliphatic carbocycles. The van der Waals surface area contributed by atoms with E-state index in [1.807, 2.05) is 0 Å². The van der Waals surface area contributed by atoms with Crippen molar-refractivity contribution in [3.63, 3.8) is 0 Å². The molecule has 3 heteroatoms. The van der Waals surface area contributed by atoms with Gasteiger partial charge in [0.15, 0.2) is 0 Å². The predicted octanol–water partition coefficient (Wildman–Crippen LogP) is 1.79. The van der Waals surface area contributed by atoms with Crippen LogP contribution in [0.3, 0.4) is 0 Å². The van der Waals surface area contributed by atoms with Gasteiger partial charge in [-0.15, -0.1) is 0 Å². The Morgan fingerprint density at radius 2 is 1.94 bits per heavy atom. The van der Waals surface area contributed by atoms with Crippen LogP contribution in [0.15, 0.2) is 0 Å². The van der Waals surface area contributed by atoms with E-state index in [0.29, 0.717) is 6.04 Å². The minimum atomic E-state index is 0.675. The SMILES string of the molecule is CCCC(CN(C)CCN1CCCC1)NCC. The Hall–Kier alpha value is -0.120. The molecule has 1 fully saturated rings. The van der Waals surface area contributed by atoms with Gasteiger partial charge in [0.1, 0.15) is 0 Å². The van der Waals surface area contributed by atoms with Crippen LogP contribution in [0.1, 0.15) is 39.5 Å².